The van der Waals surface area contributed by atoms with Gasteiger partial charge in [-0.2, -0.15) is 0 Å². The predicted molar refractivity (Wildman–Crippen MR) is 53.3 cm³/mol. The van der Waals surface area contributed by atoms with Crippen LogP contribution in [-0.4, -0.2) is 10.1 Å². The van der Waals surface area contributed by atoms with E-state index in [4.69, 9.17) is 0 Å². The maximum absolute atomic E-state index is 9.71. The van der Waals surface area contributed by atoms with Crippen LogP contribution in [-0.2, 0) is 0 Å². The number of aromatic nitrogens is 1. The maximum atomic E-state index is 9.71. The highest BCUT2D eigenvalue weighted by molar-refractivity contribution is 5.06. The van der Waals surface area contributed by atoms with Crippen LogP contribution in [0.4, 0.5) is 0 Å². The van der Waals surface area contributed by atoms with Gasteiger partial charge in [0.1, 0.15) is 0 Å². The molecule has 13 heavy (non-hydrogen) atoms. The van der Waals surface area contributed by atoms with Gasteiger partial charge in [0.25, 0.3) is 0 Å². The van der Waals surface area contributed by atoms with Crippen molar-refractivity contribution in [3.8, 4) is 0 Å². The molecule has 1 rings (SSSR count). The monoisotopic (exact) mass is 179 g/mol. The highest BCUT2D eigenvalue weighted by Gasteiger charge is 2.08. The van der Waals surface area contributed by atoms with Crippen LogP contribution in [0, 0.1) is 5.92 Å². The van der Waals surface area contributed by atoms with E-state index in [0.717, 1.165) is 18.5 Å². The summed E-state index contributed by atoms with van der Waals surface area (Å²) in [5, 5.41) is 9.71. The van der Waals surface area contributed by atoms with Crippen molar-refractivity contribution in [1.82, 2.24) is 4.98 Å². The zero-order valence-corrected chi connectivity index (χ0v) is 8.27. The second-order valence-corrected chi connectivity index (χ2v) is 3.74. The summed E-state index contributed by atoms with van der Waals surface area (Å²) in [5.74, 6) is 0.637. The van der Waals surface area contributed by atoms with Gasteiger partial charge in [0.05, 0.1) is 11.8 Å². The number of rotatable bonds is 4. The van der Waals surface area contributed by atoms with Gasteiger partial charge < -0.3 is 5.11 Å². The quantitative estimate of drug-likeness (QED) is 0.770. The minimum absolute atomic E-state index is 0.399. The third-order valence-electron chi connectivity index (χ3n) is 2.05. The normalized spacial score (nSPS) is 13.2. The smallest absolute Gasteiger partial charge is 0.0959 e. The largest absolute Gasteiger partial charge is 0.387 e. The van der Waals surface area contributed by atoms with E-state index in [2.05, 4.69) is 18.8 Å². The Kier molecular flexibility index (Phi) is 3.90. The van der Waals surface area contributed by atoms with E-state index in [1.54, 1.807) is 6.20 Å². The van der Waals surface area contributed by atoms with Gasteiger partial charge in [0, 0.05) is 6.20 Å². The number of aliphatic hydroxyl groups is 1. The first-order valence-electron chi connectivity index (χ1n) is 4.79. The SMILES string of the molecule is CC(C)CCC(O)c1ccccn1. The molecular weight excluding hydrogens is 162 g/mol. The molecule has 0 saturated carbocycles. The van der Waals surface area contributed by atoms with Gasteiger partial charge in [-0.1, -0.05) is 19.9 Å². The van der Waals surface area contributed by atoms with Crippen molar-refractivity contribution in [2.75, 3.05) is 0 Å². The third kappa shape index (κ3) is 3.55. The molecule has 0 fully saturated rings. The summed E-state index contributed by atoms with van der Waals surface area (Å²) in [7, 11) is 0. The van der Waals surface area contributed by atoms with E-state index in [1.165, 1.54) is 0 Å². The van der Waals surface area contributed by atoms with Crippen LogP contribution in [0.25, 0.3) is 0 Å². The number of nitrogens with zero attached hydrogens (tertiary/aromatic N) is 1. The molecule has 0 aliphatic rings. The Labute approximate surface area is 79.6 Å². The van der Waals surface area contributed by atoms with Crippen molar-refractivity contribution in [1.29, 1.82) is 0 Å². The minimum Gasteiger partial charge on any atom is -0.387 e. The van der Waals surface area contributed by atoms with Crippen molar-refractivity contribution >= 4 is 0 Å². The Hall–Kier alpha value is -0.890. The summed E-state index contributed by atoms with van der Waals surface area (Å²) in [4.78, 5) is 4.11. The Morgan fingerprint density at radius 3 is 2.62 bits per heavy atom. The molecule has 0 bridgehead atoms. The average Bonchev–Trinajstić information content (AvgIpc) is 2.15. The molecule has 72 valence electrons. The van der Waals surface area contributed by atoms with Gasteiger partial charge in [-0.25, -0.2) is 0 Å². The molecule has 1 N–H and O–H groups in total. The summed E-state index contributed by atoms with van der Waals surface area (Å²) < 4.78 is 0. The van der Waals surface area contributed by atoms with Gasteiger partial charge in [-0.3, -0.25) is 4.98 Å². The lowest BCUT2D eigenvalue weighted by Gasteiger charge is -2.10. The lowest BCUT2D eigenvalue weighted by molar-refractivity contribution is 0.154. The van der Waals surface area contributed by atoms with Crippen LogP contribution >= 0.6 is 0 Å². The van der Waals surface area contributed by atoms with Gasteiger partial charge in [0.2, 0.25) is 0 Å². The Bertz CT molecular complexity index is 233. The lowest BCUT2D eigenvalue weighted by Crippen LogP contribution is -2.01. The number of hydrogen-bond acceptors (Lipinski definition) is 2. The highest BCUT2D eigenvalue weighted by atomic mass is 16.3. The Morgan fingerprint density at radius 2 is 2.08 bits per heavy atom. The fraction of sp³-hybridized carbons (Fsp3) is 0.545. The Morgan fingerprint density at radius 1 is 1.31 bits per heavy atom. The average molecular weight is 179 g/mol. The summed E-state index contributed by atoms with van der Waals surface area (Å²) >= 11 is 0. The first-order chi connectivity index (χ1) is 6.20. The molecule has 1 unspecified atom stereocenters. The lowest BCUT2D eigenvalue weighted by atomic mass is 10.0. The van der Waals surface area contributed by atoms with Crippen molar-refractivity contribution in [2.24, 2.45) is 5.92 Å². The number of pyridine rings is 1. The first kappa shape index (κ1) is 10.2. The standard InChI is InChI=1S/C11H17NO/c1-9(2)6-7-11(13)10-5-3-4-8-12-10/h3-5,8-9,11,13H,6-7H2,1-2H3. The molecule has 0 aliphatic carbocycles. The van der Waals surface area contributed by atoms with Crippen LogP contribution in [0.5, 0.6) is 0 Å². The third-order valence-corrected chi connectivity index (χ3v) is 2.05. The second kappa shape index (κ2) is 4.97. The molecule has 0 spiro atoms. The van der Waals surface area contributed by atoms with E-state index >= 15 is 0 Å². The van der Waals surface area contributed by atoms with Gasteiger partial charge >= 0.3 is 0 Å². The molecule has 0 amide bonds. The molecule has 0 aromatic carbocycles. The zero-order chi connectivity index (χ0) is 9.68. The number of aliphatic hydroxyl groups excluding tert-OH is 1. The van der Waals surface area contributed by atoms with Crippen molar-refractivity contribution in [3.63, 3.8) is 0 Å². The summed E-state index contributed by atoms with van der Waals surface area (Å²) in [5.41, 5.74) is 0.781. The zero-order valence-electron chi connectivity index (χ0n) is 8.27. The summed E-state index contributed by atoms with van der Waals surface area (Å²) in [6.07, 6.45) is 3.16. The van der Waals surface area contributed by atoms with Crippen molar-refractivity contribution in [2.45, 2.75) is 32.8 Å². The fourth-order valence-electron chi connectivity index (χ4n) is 1.21. The number of hydrogen-bond donors (Lipinski definition) is 1. The molecule has 1 aromatic rings. The van der Waals surface area contributed by atoms with Crippen molar-refractivity contribution < 1.29 is 5.11 Å². The van der Waals surface area contributed by atoms with Crippen molar-refractivity contribution in [3.05, 3.63) is 30.1 Å². The second-order valence-electron chi connectivity index (χ2n) is 3.74. The van der Waals surface area contributed by atoms with Crippen LogP contribution in [0.1, 0.15) is 38.5 Å². The molecule has 0 saturated heterocycles. The predicted octanol–water partition coefficient (Wildman–Crippen LogP) is 2.55. The van der Waals surface area contributed by atoms with Gasteiger partial charge in [-0.05, 0) is 30.9 Å². The van der Waals surface area contributed by atoms with E-state index in [1.807, 2.05) is 18.2 Å². The molecule has 0 aliphatic heterocycles. The summed E-state index contributed by atoms with van der Waals surface area (Å²) in [6.45, 7) is 4.32. The maximum Gasteiger partial charge on any atom is 0.0959 e. The highest BCUT2D eigenvalue weighted by Crippen LogP contribution is 2.18. The Balaban J connectivity index is 2.44. The molecule has 0 radical (unpaired) electrons. The molecule has 1 heterocycles. The molecule has 2 heteroatoms. The molecule has 1 atom stereocenters. The van der Waals surface area contributed by atoms with Crippen LogP contribution in [0.2, 0.25) is 0 Å². The molecular formula is C11H17NO. The first-order valence-corrected chi connectivity index (χ1v) is 4.79. The van der Waals surface area contributed by atoms with E-state index in [-0.39, 0.29) is 0 Å². The van der Waals surface area contributed by atoms with E-state index in [9.17, 15) is 5.11 Å². The van der Waals surface area contributed by atoms with Crippen LogP contribution < -0.4 is 0 Å². The molecule has 2 nitrogen and oxygen atoms in total. The molecule has 1 aromatic heterocycles. The van der Waals surface area contributed by atoms with Gasteiger partial charge in [-0.15, -0.1) is 0 Å². The van der Waals surface area contributed by atoms with Crippen LogP contribution in [0.3, 0.4) is 0 Å². The van der Waals surface area contributed by atoms with Gasteiger partial charge in [0.15, 0.2) is 0 Å². The topological polar surface area (TPSA) is 33.1 Å². The van der Waals surface area contributed by atoms with Crippen LogP contribution in [0.15, 0.2) is 24.4 Å². The summed E-state index contributed by atoms with van der Waals surface area (Å²) in [6, 6.07) is 5.63. The van der Waals surface area contributed by atoms with E-state index < -0.39 is 6.10 Å². The fourth-order valence-corrected chi connectivity index (χ4v) is 1.21. The minimum atomic E-state index is -0.399. The van der Waals surface area contributed by atoms with E-state index in [0.29, 0.717) is 5.92 Å².